The zero-order chi connectivity index (χ0) is 14.3. The van der Waals surface area contributed by atoms with E-state index in [9.17, 15) is 4.79 Å². The van der Waals surface area contributed by atoms with Gasteiger partial charge in [0.1, 0.15) is 17.2 Å². The first-order valence-electron chi connectivity index (χ1n) is 7.25. The lowest BCUT2D eigenvalue weighted by Crippen LogP contribution is -2.51. The van der Waals surface area contributed by atoms with Crippen molar-refractivity contribution in [2.75, 3.05) is 6.54 Å². The summed E-state index contributed by atoms with van der Waals surface area (Å²) < 4.78 is 2.15. The molecule has 1 unspecified atom stereocenters. The Kier molecular flexibility index (Phi) is 3.00. The molecule has 0 saturated heterocycles. The molecule has 5 nitrogen and oxygen atoms in total. The van der Waals surface area contributed by atoms with E-state index in [-0.39, 0.29) is 11.4 Å². The van der Waals surface area contributed by atoms with Gasteiger partial charge in [0.2, 0.25) is 0 Å². The van der Waals surface area contributed by atoms with Gasteiger partial charge in [-0.1, -0.05) is 20.3 Å². The third-order valence-electron chi connectivity index (χ3n) is 4.32. The maximum atomic E-state index is 12.2. The molecule has 0 radical (unpaired) electrons. The smallest absolute Gasteiger partial charge is 0.268 e. The van der Waals surface area contributed by atoms with Crippen molar-refractivity contribution in [3.8, 4) is 0 Å². The van der Waals surface area contributed by atoms with Crippen LogP contribution in [0, 0.1) is 6.92 Å². The van der Waals surface area contributed by atoms with E-state index in [1.165, 1.54) is 0 Å². The summed E-state index contributed by atoms with van der Waals surface area (Å²) in [5.74, 6) is 0.728. The molecule has 1 aliphatic rings. The number of carbonyl (C=O) groups excluding carboxylic acids is 1. The summed E-state index contributed by atoms with van der Waals surface area (Å²) in [6, 6.07) is 1.91. The fraction of sp³-hybridized carbons (Fsp3) is 0.533. The molecule has 0 bridgehead atoms. The lowest BCUT2D eigenvalue weighted by atomic mass is 9.88. The monoisotopic (exact) mass is 272 g/mol. The number of rotatable bonds is 3. The molecule has 1 amide bonds. The van der Waals surface area contributed by atoms with Crippen molar-refractivity contribution in [1.29, 1.82) is 0 Å². The average Bonchev–Trinajstić information content (AvgIpc) is 2.82. The van der Waals surface area contributed by atoms with E-state index in [2.05, 4.69) is 33.7 Å². The average molecular weight is 272 g/mol. The minimum atomic E-state index is -0.0689. The highest BCUT2D eigenvalue weighted by Gasteiger charge is 2.38. The molecule has 1 aliphatic heterocycles. The second kappa shape index (κ2) is 4.58. The van der Waals surface area contributed by atoms with Crippen LogP contribution in [-0.2, 0) is 5.54 Å². The van der Waals surface area contributed by atoms with E-state index < -0.39 is 0 Å². The minimum absolute atomic E-state index is 0.0131. The second-order valence-electron chi connectivity index (χ2n) is 5.57. The first-order valence-corrected chi connectivity index (χ1v) is 7.25. The highest BCUT2D eigenvalue weighted by atomic mass is 16.2. The fourth-order valence-corrected chi connectivity index (χ4v) is 3.26. The molecule has 0 spiro atoms. The van der Waals surface area contributed by atoms with Gasteiger partial charge in [0.05, 0.1) is 5.54 Å². The molecule has 1 N–H and O–H groups in total. The summed E-state index contributed by atoms with van der Waals surface area (Å²) in [6.45, 7) is 6.92. The number of hydrogen-bond acceptors (Lipinski definition) is 3. The standard InChI is InChI=1S/C15H20N4O/c1-4-6-15(5-2)9-17-14(20)12-7-11-8-16-10(3)18-13(11)19(12)15/h7-8H,4-6,9H2,1-3H3,(H,17,20). The predicted molar refractivity (Wildman–Crippen MR) is 77.8 cm³/mol. The van der Waals surface area contributed by atoms with Gasteiger partial charge in [0.25, 0.3) is 5.91 Å². The SMILES string of the molecule is CCCC1(CC)CNC(=O)c2cc3cnc(C)nc3n21. The predicted octanol–water partition coefficient (Wildman–Crippen LogP) is 2.39. The van der Waals surface area contributed by atoms with E-state index in [0.29, 0.717) is 12.2 Å². The molecule has 2 aromatic heterocycles. The van der Waals surface area contributed by atoms with E-state index in [0.717, 1.165) is 36.1 Å². The number of carbonyl (C=O) groups is 1. The van der Waals surface area contributed by atoms with E-state index >= 15 is 0 Å². The van der Waals surface area contributed by atoms with Crippen molar-refractivity contribution < 1.29 is 4.79 Å². The van der Waals surface area contributed by atoms with E-state index in [1.54, 1.807) is 0 Å². The molecular weight excluding hydrogens is 252 g/mol. The Morgan fingerprint density at radius 2 is 2.25 bits per heavy atom. The van der Waals surface area contributed by atoms with Crippen molar-refractivity contribution >= 4 is 16.9 Å². The van der Waals surface area contributed by atoms with Gasteiger partial charge in [0, 0.05) is 18.1 Å². The third kappa shape index (κ3) is 1.72. The second-order valence-corrected chi connectivity index (χ2v) is 5.57. The van der Waals surface area contributed by atoms with Gasteiger partial charge in [-0.25, -0.2) is 9.97 Å². The molecule has 0 fully saturated rings. The van der Waals surface area contributed by atoms with Crippen molar-refractivity contribution in [2.24, 2.45) is 0 Å². The van der Waals surface area contributed by atoms with Gasteiger partial charge in [-0.05, 0) is 25.8 Å². The normalized spacial score (nSPS) is 21.9. The highest BCUT2D eigenvalue weighted by molar-refractivity contribution is 5.99. The Balaban J connectivity index is 2.33. The van der Waals surface area contributed by atoms with Gasteiger partial charge >= 0.3 is 0 Å². The number of aromatic nitrogens is 3. The van der Waals surface area contributed by atoms with E-state index in [1.807, 2.05) is 19.2 Å². The van der Waals surface area contributed by atoms with Crippen molar-refractivity contribution in [1.82, 2.24) is 19.9 Å². The number of amides is 1. The lowest BCUT2D eigenvalue weighted by molar-refractivity contribution is 0.0861. The number of hydrogen-bond donors (Lipinski definition) is 1. The summed E-state index contributed by atoms with van der Waals surface area (Å²) in [5, 5.41) is 3.97. The van der Waals surface area contributed by atoms with Crippen LogP contribution in [0.5, 0.6) is 0 Å². The molecule has 1 atom stereocenters. The lowest BCUT2D eigenvalue weighted by Gasteiger charge is -2.39. The third-order valence-corrected chi connectivity index (χ3v) is 4.32. The van der Waals surface area contributed by atoms with Gasteiger partial charge in [0.15, 0.2) is 0 Å². The number of aryl methyl sites for hydroxylation is 1. The minimum Gasteiger partial charge on any atom is -0.348 e. The Labute approximate surface area is 118 Å². The molecule has 0 aromatic carbocycles. The first-order chi connectivity index (χ1) is 9.61. The summed E-state index contributed by atoms with van der Waals surface area (Å²) in [4.78, 5) is 21.0. The molecule has 3 rings (SSSR count). The van der Waals surface area contributed by atoms with Crippen LogP contribution in [0.3, 0.4) is 0 Å². The topological polar surface area (TPSA) is 59.8 Å². The van der Waals surface area contributed by atoms with Crippen LogP contribution in [0.25, 0.3) is 11.0 Å². The van der Waals surface area contributed by atoms with Crippen molar-refractivity contribution in [3.05, 3.63) is 23.8 Å². The molecule has 106 valence electrons. The molecule has 2 aromatic rings. The molecule has 3 heterocycles. The van der Waals surface area contributed by atoms with Crippen LogP contribution in [-0.4, -0.2) is 27.0 Å². The Morgan fingerprint density at radius 1 is 1.45 bits per heavy atom. The molecule has 0 saturated carbocycles. The molecule has 20 heavy (non-hydrogen) atoms. The van der Waals surface area contributed by atoms with E-state index in [4.69, 9.17) is 0 Å². The number of nitrogens with zero attached hydrogens (tertiary/aromatic N) is 3. The zero-order valence-electron chi connectivity index (χ0n) is 12.2. The number of nitrogens with one attached hydrogen (secondary N) is 1. The maximum absolute atomic E-state index is 12.2. The largest absolute Gasteiger partial charge is 0.348 e. The van der Waals surface area contributed by atoms with Crippen molar-refractivity contribution in [3.63, 3.8) is 0 Å². The Morgan fingerprint density at radius 3 is 2.95 bits per heavy atom. The first kappa shape index (κ1) is 13.1. The van der Waals surface area contributed by atoms with Gasteiger partial charge < -0.3 is 9.88 Å². The van der Waals surface area contributed by atoms with Crippen LogP contribution >= 0.6 is 0 Å². The maximum Gasteiger partial charge on any atom is 0.268 e. The fourth-order valence-electron chi connectivity index (χ4n) is 3.26. The Bertz CT molecular complexity index is 676. The summed E-state index contributed by atoms with van der Waals surface area (Å²) >= 11 is 0. The quantitative estimate of drug-likeness (QED) is 0.933. The highest BCUT2D eigenvalue weighted by Crippen LogP contribution is 2.35. The Hall–Kier alpha value is -1.91. The molecule has 5 heteroatoms. The van der Waals surface area contributed by atoms with Crippen LogP contribution in [0.2, 0.25) is 0 Å². The molecule has 0 aliphatic carbocycles. The van der Waals surface area contributed by atoms with Crippen LogP contribution in [0.1, 0.15) is 49.4 Å². The summed E-state index contributed by atoms with van der Waals surface area (Å²) in [6.07, 6.45) is 4.89. The summed E-state index contributed by atoms with van der Waals surface area (Å²) in [5.41, 5.74) is 1.53. The van der Waals surface area contributed by atoms with Crippen LogP contribution in [0.15, 0.2) is 12.3 Å². The zero-order valence-corrected chi connectivity index (χ0v) is 12.2. The van der Waals surface area contributed by atoms with Crippen molar-refractivity contribution in [2.45, 2.75) is 45.6 Å². The van der Waals surface area contributed by atoms with Gasteiger partial charge in [-0.3, -0.25) is 4.79 Å². The molecular formula is C15H20N4O. The number of fused-ring (bicyclic) bond motifs is 3. The van der Waals surface area contributed by atoms with Crippen LogP contribution in [0.4, 0.5) is 0 Å². The van der Waals surface area contributed by atoms with Crippen LogP contribution < -0.4 is 5.32 Å². The summed E-state index contributed by atoms with van der Waals surface area (Å²) in [7, 11) is 0. The van der Waals surface area contributed by atoms with Gasteiger partial charge in [-0.15, -0.1) is 0 Å². The van der Waals surface area contributed by atoms with Gasteiger partial charge in [-0.2, -0.15) is 0 Å².